The molecule has 0 bridgehead atoms. The van der Waals surface area contributed by atoms with Gasteiger partial charge in [0.25, 0.3) is 5.56 Å². The predicted octanol–water partition coefficient (Wildman–Crippen LogP) is 3.99. The van der Waals surface area contributed by atoms with Crippen LogP contribution in [0.2, 0.25) is 0 Å². The first-order chi connectivity index (χ1) is 12.3. The van der Waals surface area contributed by atoms with Crippen molar-refractivity contribution in [3.05, 3.63) is 45.9 Å². The van der Waals surface area contributed by atoms with Gasteiger partial charge in [0.2, 0.25) is 5.95 Å². The maximum atomic E-state index is 13.1. The highest BCUT2D eigenvalue weighted by atomic mass is 16.5. The van der Waals surface area contributed by atoms with Crippen LogP contribution in [0.15, 0.2) is 29.1 Å². The summed E-state index contributed by atoms with van der Waals surface area (Å²) in [7, 11) is 1.66. The van der Waals surface area contributed by atoms with Gasteiger partial charge in [-0.2, -0.15) is 0 Å². The van der Waals surface area contributed by atoms with Crippen LogP contribution in [0.4, 0.5) is 11.6 Å². The zero-order valence-electron chi connectivity index (χ0n) is 14.8. The molecule has 2 aromatic rings. The van der Waals surface area contributed by atoms with E-state index in [1.807, 2.05) is 28.8 Å². The van der Waals surface area contributed by atoms with E-state index in [2.05, 4.69) is 5.32 Å². The van der Waals surface area contributed by atoms with Gasteiger partial charge in [-0.05, 0) is 56.4 Å². The van der Waals surface area contributed by atoms with Gasteiger partial charge in [-0.1, -0.05) is 19.3 Å². The molecule has 5 heteroatoms. The average molecular weight is 339 g/mol. The van der Waals surface area contributed by atoms with Crippen molar-refractivity contribution in [2.45, 2.75) is 57.4 Å². The summed E-state index contributed by atoms with van der Waals surface area (Å²) in [5, 5.41) is 3.39. The number of aryl methyl sites for hydroxylation is 1. The van der Waals surface area contributed by atoms with Crippen LogP contribution in [0.5, 0.6) is 5.75 Å². The summed E-state index contributed by atoms with van der Waals surface area (Å²) in [6.07, 6.45) is 8.60. The summed E-state index contributed by atoms with van der Waals surface area (Å²) in [6, 6.07) is 8.02. The van der Waals surface area contributed by atoms with Crippen LogP contribution in [0, 0.1) is 0 Å². The Bertz CT molecular complexity index is 805. The molecule has 0 spiro atoms. The van der Waals surface area contributed by atoms with Gasteiger partial charge in [-0.15, -0.1) is 0 Å². The lowest BCUT2D eigenvalue weighted by Crippen LogP contribution is -2.32. The van der Waals surface area contributed by atoms with E-state index in [-0.39, 0.29) is 11.6 Å². The molecule has 1 saturated carbocycles. The molecule has 2 aliphatic rings. The van der Waals surface area contributed by atoms with Crippen LogP contribution in [0.1, 0.15) is 55.8 Å². The van der Waals surface area contributed by atoms with Crippen LogP contribution < -0.4 is 15.6 Å². The van der Waals surface area contributed by atoms with Crippen LogP contribution in [-0.2, 0) is 12.8 Å². The van der Waals surface area contributed by atoms with Crippen LogP contribution in [-0.4, -0.2) is 16.7 Å². The van der Waals surface area contributed by atoms with Crippen molar-refractivity contribution in [2.75, 3.05) is 12.4 Å². The first-order valence-electron chi connectivity index (χ1n) is 9.31. The molecule has 0 unspecified atom stereocenters. The van der Waals surface area contributed by atoms with Gasteiger partial charge in [-0.3, -0.25) is 9.36 Å². The zero-order chi connectivity index (χ0) is 17.2. The van der Waals surface area contributed by atoms with Crippen LogP contribution >= 0.6 is 0 Å². The van der Waals surface area contributed by atoms with Crippen molar-refractivity contribution in [1.82, 2.24) is 9.55 Å². The molecule has 1 fully saturated rings. The molecule has 1 N–H and O–H groups in total. The fourth-order valence-electron chi connectivity index (χ4n) is 4.07. The quantitative estimate of drug-likeness (QED) is 0.915. The molecule has 0 amide bonds. The molecule has 132 valence electrons. The molecular formula is C20H25N3O2. The number of anilines is 2. The standard InChI is InChI=1S/C20H25N3O2/c1-25-16-12-10-14(11-13-16)21-20-22-18-9-5-8-17(18)19(24)23(20)15-6-3-2-4-7-15/h10-13,15H,2-9H2,1H3,(H,21,22). The number of nitrogens with one attached hydrogen (secondary N) is 1. The number of ether oxygens (including phenoxy) is 1. The van der Waals surface area contributed by atoms with Gasteiger partial charge in [0.1, 0.15) is 5.75 Å². The van der Waals surface area contributed by atoms with Crippen LogP contribution in [0.3, 0.4) is 0 Å². The van der Waals surface area contributed by atoms with Gasteiger partial charge < -0.3 is 10.1 Å². The lowest BCUT2D eigenvalue weighted by atomic mass is 9.95. The number of aromatic nitrogens is 2. The van der Waals surface area contributed by atoms with E-state index in [0.29, 0.717) is 5.95 Å². The molecule has 0 radical (unpaired) electrons. The highest BCUT2D eigenvalue weighted by Crippen LogP contribution is 2.31. The predicted molar refractivity (Wildman–Crippen MR) is 98.9 cm³/mol. The van der Waals surface area contributed by atoms with Gasteiger partial charge in [0, 0.05) is 17.3 Å². The monoisotopic (exact) mass is 339 g/mol. The van der Waals surface area contributed by atoms with E-state index < -0.39 is 0 Å². The number of nitrogens with zero attached hydrogens (tertiary/aromatic N) is 2. The molecule has 1 aromatic carbocycles. The second-order valence-electron chi connectivity index (χ2n) is 7.03. The molecule has 0 aliphatic heterocycles. The number of hydrogen-bond acceptors (Lipinski definition) is 4. The van der Waals surface area contributed by atoms with Gasteiger partial charge in [0.15, 0.2) is 0 Å². The number of benzene rings is 1. The molecule has 4 rings (SSSR count). The molecule has 1 heterocycles. The number of rotatable bonds is 4. The van der Waals surface area contributed by atoms with Gasteiger partial charge in [-0.25, -0.2) is 4.98 Å². The zero-order valence-corrected chi connectivity index (χ0v) is 14.8. The van der Waals surface area contributed by atoms with Crippen molar-refractivity contribution in [1.29, 1.82) is 0 Å². The van der Waals surface area contributed by atoms with Crippen molar-refractivity contribution in [3.8, 4) is 5.75 Å². The summed E-state index contributed by atoms with van der Waals surface area (Å²) in [6.45, 7) is 0. The Hall–Kier alpha value is -2.30. The second-order valence-corrected chi connectivity index (χ2v) is 7.03. The summed E-state index contributed by atoms with van der Waals surface area (Å²) < 4.78 is 7.16. The fourth-order valence-corrected chi connectivity index (χ4v) is 4.07. The molecule has 0 saturated heterocycles. The lowest BCUT2D eigenvalue weighted by molar-refractivity contribution is 0.346. The largest absolute Gasteiger partial charge is 0.497 e. The summed E-state index contributed by atoms with van der Waals surface area (Å²) >= 11 is 0. The van der Waals surface area contributed by atoms with Crippen LogP contribution in [0.25, 0.3) is 0 Å². The molecule has 1 aromatic heterocycles. The molecule has 25 heavy (non-hydrogen) atoms. The third kappa shape index (κ3) is 3.15. The van der Waals surface area contributed by atoms with E-state index >= 15 is 0 Å². The number of fused-ring (bicyclic) bond motifs is 1. The van der Waals surface area contributed by atoms with Gasteiger partial charge in [0.05, 0.1) is 12.8 Å². The lowest BCUT2D eigenvalue weighted by Gasteiger charge is -2.27. The Kier molecular flexibility index (Phi) is 4.47. The SMILES string of the molecule is COc1ccc(Nc2nc3c(c(=O)n2C2CCCCC2)CCC3)cc1. The minimum atomic E-state index is 0.172. The van der Waals surface area contributed by atoms with Crippen molar-refractivity contribution in [3.63, 3.8) is 0 Å². The maximum absolute atomic E-state index is 13.1. The normalized spacial score (nSPS) is 17.3. The first kappa shape index (κ1) is 16.2. The highest BCUT2D eigenvalue weighted by Gasteiger charge is 2.26. The minimum Gasteiger partial charge on any atom is -0.497 e. The highest BCUT2D eigenvalue weighted by molar-refractivity contribution is 5.55. The summed E-state index contributed by atoms with van der Waals surface area (Å²) in [5.74, 6) is 1.51. The molecule has 5 nitrogen and oxygen atoms in total. The number of methoxy groups -OCH3 is 1. The first-order valence-corrected chi connectivity index (χ1v) is 9.31. The Morgan fingerprint density at radius 2 is 1.84 bits per heavy atom. The van der Waals surface area contributed by atoms with E-state index in [0.717, 1.165) is 54.8 Å². The van der Waals surface area contributed by atoms with Crippen molar-refractivity contribution < 1.29 is 4.74 Å². The summed E-state index contributed by atoms with van der Waals surface area (Å²) in [5.41, 5.74) is 3.01. The smallest absolute Gasteiger partial charge is 0.258 e. The topological polar surface area (TPSA) is 56.1 Å². The maximum Gasteiger partial charge on any atom is 0.258 e. The molecular weight excluding hydrogens is 314 g/mol. The third-order valence-corrected chi connectivity index (χ3v) is 5.42. The Morgan fingerprint density at radius 3 is 2.56 bits per heavy atom. The number of hydrogen-bond donors (Lipinski definition) is 1. The van der Waals surface area contributed by atoms with E-state index in [4.69, 9.17) is 9.72 Å². The van der Waals surface area contributed by atoms with E-state index in [9.17, 15) is 4.79 Å². The van der Waals surface area contributed by atoms with Crippen molar-refractivity contribution >= 4 is 11.6 Å². The van der Waals surface area contributed by atoms with E-state index in [1.165, 1.54) is 19.3 Å². The van der Waals surface area contributed by atoms with Crippen molar-refractivity contribution in [2.24, 2.45) is 0 Å². The average Bonchev–Trinajstić information content (AvgIpc) is 3.12. The third-order valence-electron chi connectivity index (χ3n) is 5.42. The Labute approximate surface area is 148 Å². The van der Waals surface area contributed by atoms with E-state index in [1.54, 1.807) is 7.11 Å². The second kappa shape index (κ2) is 6.90. The fraction of sp³-hybridized carbons (Fsp3) is 0.500. The molecule has 0 atom stereocenters. The Morgan fingerprint density at radius 1 is 1.08 bits per heavy atom. The Balaban J connectivity index is 1.74. The minimum absolute atomic E-state index is 0.172. The summed E-state index contributed by atoms with van der Waals surface area (Å²) in [4.78, 5) is 18.0. The molecule has 2 aliphatic carbocycles. The van der Waals surface area contributed by atoms with Gasteiger partial charge >= 0.3 is 0 Å².